The average Bonchev–Trinajstić information content (AvgIpc) is 2.60. The molecule has 0 aromatic rings. The standard InChI is InChI=1S/C9H15NO4/c1-3-8(11)10-5-6(14-2)4-7(10)9(12)13/h6-7H,3-5H2,1-2H3,(H,12,13). The molecular weight excluding hydrogens is 186 g/mol. The van der Waals surface area contributed by atoms with Crippen molar-refractivity contribution in [3.05, 3.63) is 0 Å². The number of hydrogen-bond donors (Lipinski definition) is 1. The maximum atomic E-state index is 11.4. The number of methoxy groups -OCH3 is 1. The van der Waals surface area contributed by atoms with E-state index in [0.29, 0.717) is 19.4 Å². The van der Waals surface area contributed by atoms with Crippen LogP contribution in [0.2, 0.25) is 0 Å². The van der Waals surface area contributed by atoms with Crippen LogP contribution in [0.3, 0.4) is 0 Å². The Morgan fingerprint density at radius 2 is 2.21 bits per heavy atom. The molecule has 0 aromatic carbocycles. The largest absolute Gasteiger partial charge is 0.480 e. The summed E-state index contributed by atoms with van der Waals surface area (Å²) in [6.45, 7) is 2.11. The van der Waals surface area contributed by atoms with Crippen LogP contribution in [-0.2, 0) is 14.3 Å². The summed E-state index contributed by atoms with van der Waals surface area (Å²) in [5.41, 5.74) is 0. The number of amides is 1. The molecule has 14 heavy (non-hydrogen) atoms. The van der Waals surface area contributed by atoms with Gasteiger partial charge in [-0.15, -0.1) is 0 Å². The lowest BCUT2D eigenvalue weighted by molar-refractivity contribution is -0.148. The molecule has 2 unspecified atom stereocenters. The molecular formula is C9H15NO4. The molecule has 80 valence electrons. The van der Waals surface area contributed by atoms with E-state index in [1.54, 1.807) is 6.92 Å². The Bertz CT molecular complexity index is 241. The van der Waals surface area contributed by atoms with Crippen molar-refractivity contribution < 1.29 is 19.4 Å². The van der Waals surface area contributed by atoms with Crippen molar-refractivity contribution in [2.75, 3.05) is 13.7 Å². The van der Waals surface area contributed by atoms with E-state index in [4.69, 9.17) is 9.84 Å². The van der Waals surface area contributed by atoms with Gasteiger partial charge in [-0.25, -0.2) is 4.79 Å². The number of carboxylic acids is 1. The van der Waals surface area contributed by atoms with Crippen LogP contribution in [0.4, 0.5) is 0 Å². The molecule has 0 spiro atoms. The Morgan fingerprint density at radius 1 is 1.57 bits per heavy atom. The van der Waals surface area contributed by atoms with Crippen LogP contribution in [0.15, 0.2) is 0 Å². The molecule has 1 fully saturated rings. The van der Waals surface area contributed by atoms with Crippen molar-refractivity contribution in [2.24, 2.45) is 0 Å². The molecule has 0 aromatic heterocycles. The Hall–Kier alpha value is -1.10. The monoisotopic (exact) mass is 201 g/mol. The van der Waals surface area contributed by atoms with Crippen molar-refractivity contribution in [1.29, 1.82) is 0 Å². The van der Waals surface area contributed by atoms with Gasteiger partial charge in [-0.3, -0.25) is 4.79 Å². The highest BCUT2D eigenvalue weighted by Crippen LogP contribution is 2.20. The summed E-state index contributed by atoms with van der Waals surface area (Å²) in [4.78, 5) is 23.6. The Kier molecular flexibility index (Phi) is 3.46. The normalized spacial score (nSPS) is 26.6. The van der Waals surface area contributed by atoms with Crippen molar-refractivity contribution in [3.8, 4) is 0 Å². The number of carbonyl (C=O) groups is 2. The van der Waals surface area contributed by atoms with Crippen molar-refractivity contribution in [1.82, 2.24) is 4.90 Å². The molecule has 1 aliphatic rings. The van der Waals surface area contributed by atoms with E-state index in [1.807, 2.05) is 0 Å². The number of carbonyl (C=O) groups excluding carboxylic acids is 1. The first kappa shape index (κ1) is 11.0. The minimum Gasteiger partial charge on any atom is -0.480 e. The van der Waals surface area contributed by atoms with Crippen molar-refractivity contribution in [2.45, 2.75) is 31.9 Å². The van der Waals surface area contributed by atoms with E-state index < -0.39 is 12.0 Å². The van der Waals surface area contributed by atoms with E-state index in [2.05, 4.69) is 0 Å². The summed E-state index contributed by atoms with van der Waals surface area (Å²) in [6, 6.07) is -0.715. The van der Waals surface area contributed by atoms with Gasteiger partial charge >= 0.3 is 5.97 Å². The van der Waals surface area contributed by atoms with Gasteiger partial charge in [0.25, 0.3) is 0 Å². The topological polar surface area (TPSA) is 66.8 Å². The zero-order chi connectivity index (χ0) is 10.7. The van der Waals surface area contributed by atoms with Crippen molar-refractivity contribution in [3.63, 3.8) is 0 Å². The van der Waals surface area contributed by atoms with Crippen LogP contribution in [0.25, 0.3) is 0 Å². The predicted octanol–water partition coefficient (Wildman–Crippen LogP) is 0.0969. The molecule has 1 saturated heterocycles. The van der Waals surface area contributed by atoms with Crippen LogP contribution < -0.4 is 0 Å². The van der Waals surface area contributed by atoms with Crippen molar-refractivity contribution >= 4 is 11.9 Å². The first-order chi connectivity index (χ1) is 6.60. The second kappa shape index (κ2) is 4.41. The third-order valence-corrected chi connectivity index (χ3v) is 2.50. The van der Waals surface area contributed by atoms with Gasteiger partial charge < -0.3 is 14.7 Å². The van der Waals surface area contributed by atoms with E-state index >= 15 is 0 Å². The number of hydrogen-bond acceptors (Lipinski definition) is 3. The fraction of sp³-hybridized carbons (Fsp3) is 0.778. The third kappa shape index (κ3) is 2.04. The van der Waals surface area contributed by atoms with Gasteiger partial charge in [0.05, 0.1) is 6.10 Å². The van der Waals surface area contributed by atoms with Gasteiger partial charge in [0.1, 0.15) is 6.04 Å². The van der Waals surface area contributed by atoms with Crippen LogP contribution in [0.5, 0.6) is 0 Å². The maximum absolute atomic E-state index is 11.4. The van der Waals surface area contributed by atoms with Crippen LogP contribution in [-0.4, -0.2) is 47.7 Å². The summed E-state index contributed by atoms with van der Waals surface area (Å²) in [5, 5.41) is 8.89. The molecule has 1 rings (SSSR count). The first-order valence-electron chi connectivity index (χ1n) is 4.65. The minimum absolute atomic E-state index is 0.128. The quantitative estimate of drug-likeness (QED) is 0.703. The smallest absolute Gasteiger partial charge is 0.326 e. The summed E-state index contributed by atoms with van der Waals surface area (Å²) >= 11 is 0. The summed E-state index contributed by atoms with van der Waals surface area (Å²) in [7, 11) is 1.53. The van der Waals surface area contributed by atoms with E-state index in [0.717, 1.165) is 0 Å². The Morgan fingerprint density at radius 3 is 2.64 bits per heavy atom. The molecule has 0 saturated carbocycles. The average molecular weight is 201 g/mol. The second-order valence-electron chi connectivity index (χ2n) is 3.35. The van der Waals surface area contributed by atoms with E-state index in [9.17, 15) is 9.59 Å². The molecule has 5 nitrogen and oxygen atoms in total. The van der Waals surface area contributed by atoms with Gasteiger partial charge in [-0.2, -0.15) is 0 Å². The minimum atomic E-state index is -0.952. The predicted molar refractivity (Wildman–Crippen MR) is 48.8 cm³/mol. The lowest BCUT2D eigenvalue weighted by Crippen LogP contribution is -2.40. The highest BCUT2D eigenvalue weighted by molar-refractivity contribution is 5.84. The molecule has 2 atom stereocenters. The zero-order valence-corrected chi connectivity index (χ0v) is 8.40. The lowest BCUT2D eigenvalue weighted by Gasteiger charge is -2.20. The first-order valence-corrected chi connectivity index (χ1v) is 4.65. The second-order valence-corrected chi connectivity index (χ2v) is 3.35. The van der Waals surface area contributed by atoms with E-state index in [1.165, 1.54) is 12.0 Å². The number of aliphatic carboxylic acids is 1. The Balaban J connectivity index is 2.71. The molecule has 0 aliphatic carbocycles. The highest BCUT2D eigenvalue weighted by atomic mass is 16.5. The van der Waals surface area contributed by atoms with Gasteiger partial charge in [-0.1, -0.05) is 6.92 Å². The van der Waals surface area contributed by atoms with Gasteiger partial charge in [0.2, 0.25) is 5.91 Å². The molecule has 1 heterocycles. The number of carboxylic acid groups (broad SMARTS) is 1. The molecule has 1 aliphatic heterocycles. The maximum Gasteiger partial charge on any atom is 0.326 e. The van der Waals surface area contributed by atoms with Gasteiger partial charge in [0.15, 0.2) is 0 Å². The van der Waals surface area contributed by atoms with Gasteiger partial charge in [0, 0.05) is 26.5 Å². The molecule has 0 bridgehead atoms. The SMILES string of the molecule is CCC(=O)N1CC(OC)CC1C(=O)O. The van der Waals surface area contributed by atoms with Crippen LogP contribution in [0, 0.1) is 0 Å². The molecule has 0 radical (unpaired) electrons. The van der Waals surface area contributed by atoms with Gasteiger partial charge in [-0.05, 0) is 0 Å². The van der Waals surface area contributed by atoms with Crippen LogP contribution >= 0.6 is 0 Å². The summed E-state index contributed by atoms with van der Waals surface area (Å²) in [6.07, 6.45) is 0.573. The Labute approximate surface area is 82.6 Å². The number of likely N-dealkylation sites (tertiary alicyclic amines) is 1. The number of nitrogens with zero attached hydrogens (tertiary/aromatic N) is 1. The number of ether oxygens (including phenoxy) is 1. The molecule has 1 N–H and O–H groups in total. The number of rotatable bonds is 3. The third-order valence-electron chi connectivity index (χ3n) is 2.50. The molecule has 5 heteroatoms. The highest BCUT2D eigenvalue weighted by Gasteiger charge is 2.38. The lowest BCUT2D eigenvalue weighted by atomic mass is 10.2. The van der Waals surface area contributed by atoms with E-state index in [-0.39, 0.29) is 12.0 Å². The zero-order valence-electron chi connectivity index (χ0n) is 8.40. The van der Waals surface area contributed by atoms with Crippen LogP contribution in [0.1, 0.15) is 19.8 Å². The fourth-order valence-electron chi connectivity index (χ4n) is 1.68. The fourth-order valence-corrected chi connectivity index (χ4v) is 1.68. The summed E-state index contributed by atoms with van der Waals surface area (Å²) in [5.74, 6) is -1.08. The molecule has 1 amide bonds. The summed E-state index contributed by atoms with van der Waals surface area (Å²) < 4.78 is 5.06.